The Balaban J connectivity index is 1.92. The molecule has 7 nitrogen and oxygen atoms in total. The molecule has 0 bridgehead atoms. The van der Waals surface area contributed by atoms with Gasteiger partial charge in [0, 0.05) is 23.9 Å². The van der Waals surface area contributed by atoms with E-state index in [0.717, 1.165) is 10.4 Å². The van der Waals surface area contributed by atoms with Crippen LogP contribution in [0.25, 0.3) is 0 Å². The molecule has 2 amide bonds. The molecule has 0 fully saturated rings. The average molecular weight is 445 g/mol. The molecule has 166 valence electrons. The zero-order valence-electron chi connectivity index (χ0n) is 18.2. The molecule has 0 aliphatic heterocycles. The summed E-state index contributed by atoms with van der Waals surface area (Å²) in [7, 11) is 0. The quantitative estimate of drug-likeness (QED) is 0.433. The number of amides is 2. The van der Waals surface area contributed by atoms with Crippen molar-refractivity contribution in [2.24, 2.45) is 5.92 Å². The summed E-state index contributed by atoms with van der Waals surface area (Å²) < 4.78 is 5.22. The zero-order valence-corrected chi connectivity index (χ0v) is 19.0. The Morgan fingerprint density at radius 2 is 1.77 bits per heavy atom. The standard InChI is InChI=1S/C23H28N2O5S/c1-14(2)21(25-22(28)18-8-6-5-7-15(18)3)23(29)30-13-19(27)20-10-9-17(31-20)11-12-24-16(4)26/h5-10,14,21H,11-13H2,1-4H3,(H,24,26)(H,25,28)/t21-/m0/s1. The average Bonchev–Trinajstić information content (AvgIpc) is 3.18. The fraction of sp³-hybridized carbons (Fsp3) is 0.391. The highest BCUT2D eigenvalue weighted by atomic mass is 32.1. The number of rotatable bonds is 10. The van der Waals surface area contributed by atoms with E-state index in [4.69, 9.17) is 4.74 Å². The van der Waals surface area contributed by atoms with E-state index >= 15 is 0 Å². The number of Topliss-reactive ketones (excluding diaryl/α,β-unsaturated/α-hetero) is 1. The number of nitrogens with one attached hydrogen (secondary N) is 2. The van der Waals surface area contributed by atoms with Crippen molar-refractivity contribution in [2.75, 3.05) is 13.2 Å². The number of aryl methyl sites for hydroxylation is 1. The molecule has 2 rings (SSSR count). The van der Waals surface area contributed by atoms with Crippen molar-refractivity contribution >= 4 is 34.9 Å². The number of ether oxygens (including phenoxy) is 1. The van der Waals surface area contributed by atoms with Gasteiger partial charge in [0.05, 0.1) is 4.88 Å². The Morgan fingerprint density at radius 1 is 1.06 bits per heavy atom. The lowest BCUT2D eigenvalue weighted by atomic mass is 10.0. The first-order valence-electron chi connectivity index (χ1n) is 10.1. The minimum atomic E-state index is -0.864. The van der Waals surface area contributed by atoms with Crippen LogP contribution in [-0.4, -0.2) is 42.8 Å². The molecule has 0 radical (unpaired) electrons. The van der Waals surface area contributed by atoms with Gasteiger partial charge >= 0.3 is 5.97 Å². The number of thiophene rings is 1. The Hall–Kier alpha value is -3.00. The molecule has 0 spiro atoms. The molecular formula is C23H28N2O5S. The van der Waals surface area contributed by atoms with Crippen molar-refractivity contribution in [3.63, 3.8) is 0 Å². The van der Waals surface area contributed by atoms with E-state index in [2.05, 4.69) is 10.6 Å². The van der Waals surface area contributed by atoms with Crippen LogP contribution in [-0.2, 0) is 20.7 Å². The summed E-state index contributed by atoms with van der Waals surface area (Å²) >= 11 is 1.31. The zero-order chi connectivity index (χ0) is 23.0. The molecule has 0 unspecified atom stereocenters. The van der Waals surface area contributed by atoms with Gasteiger partial charge in [0.15, 0.2) is 6.61 Å². The number of benzene rings is 1. The first-order valence-corrected chi connectivity index (χ1v) is 10.9. The second-order valence-corrected chi connectivity index (χ2v) is 8.71. The number of carbonyl (C=O) groups is 4. The van der Waals surface area contributed by atoms with Crippen LogP contribution < -0.4 is 10.6 Å². The first kappa shape index (κ1) is 24.3. The summed E-state index contributed by atoms with van der Waals surface area (Å²) in [6.45, 7) is 6.97. The molecule has 0 saturated heterocycles. The van der Waals surface area contributed by atoms with Gasteiger partial charge in [-0.25, -0.2) is 4.79 Å². The minimum Gasteiger partial charge on any atom is -0.456 e. The van der Waals surface area contributed by atoms with Gasteiger partial charge in [-0.2, -0.15) is 0 Å². The van der Waals surface area contributed by atoms with Crippen LogP contribution in [0.3, 0.4) is 0 Å². The van der Waals surface area contributed by atoms with Crippen LogP contribution in [0.15, 0.2) is 36.4 Å². The monoisotopic (exact) mass is 444 g/mol. The lowest BCUT2D eigenvalue weighted by Gasteiger charge is -2.21. The topological polar surface area (TPSA) is 102 Å². The number of hydrogen-bond acceptors (Lipinski definition) is 6. The Morgan fingerprint density at radius 3 is 2.42 bits per heavy atom. The summed E-state index contributed by atoms with van der Waals surface area (Å²) in [6.07, 6.45) is 0.623. The van der Waals surface area contributed by atoms with Crippen LogP contribution >= 0.6 is 11.3 Å². The van der Waals surface area contributed by atoms with Gasteiger partial charge in [0.2, 0.25) is 11.7 Å². The minimum absolute atomic E-state index is 0.103. The maximum atomic E-state index is 12.6. The third kappa shape index (κ3) is 7.32. The molecule has 0 aliphatic rings. The van der Waals surface area contributed by atoms with E-state index in [1.165, 1.54) is 18.3 Å². The van der Waals surface area contributed by atoms with Crippen LogP contribution in [0.2, 0.25) is 0 Å². The first-order chi connectivity index (χ1) is 14.7. The Bertz CT molecular complexity index is 951. The normalized spacial score (nSPS) is 11.6. The molecule has 31 heavy (non-hydrogen) atoms. The van der Waals surface area contributed by atoms with Crippen molar-refractivity contribution in [3.8, 4) is 0 Å². The maximum Gasteiger partial charge on any atom is 0.329 e. The third-order valence-electron chi connectivity index (χ3n) is 4.62. The number of esters is 1. The smallest absolute Gasteiger partial charge is 0.329 e. The second-order valence-electron chi connectivity index (χ2n) is 7.54. The molecule has 2 aromatic rings. The molecule has 0 saturated carbocycles. The van der Waals surface area contributed by atoms with Crippen molar-refractivity contribution in [1.29, 1.82) is 0 Å². The van der Waals surface area contributed by atoms with Crippen LogP contribution in [0.1, 0.15) is 51.2 Å². The molecule has 1 heterocycles. The highest BCUT2D eigenvalue weighted by Crippen LogP contribution is 2.18. The molecule has 2 N–H and O–H groups in total. The maximum absolute atomic E-state index is 12.6. The van der Waals surface area contributed by atoms with Gasteiger partial charge in [-0.15, -0.1) is 11.3 Å². The molecule has 1 aromatic carbocycles. The van der Waals surface area contributed by atoms with Crippen molar-refractivity contribution in [1.82, 2.24) is 10.6 Å². The van der Waals surface area contributed by atoms with E-state index in [0.29, 0.717) is 23.4 Å². The number of ketones is 1. The highest BCUT2D eigenvalue weighted by Gasteiger charge is 2.27. The fourth-order valence-corrected chi connectivity index (χ4v) is 3.80. The number of hydrogen-bond donors (Lipinski definition) is 2. The van der Waals surface area contributed by atoms with E-state index in [1.54, 1.807) is 32.0 Å². The highest BCUT2D eigenvalue weighted by molar-refractivity contribution is 7.14. The third-order valence-corrected chi connectivity index (χ3v) is 5.81. The van der Waals surface area contributed by atoms with Crippen molar-refractivity contribution in [3.05, 3.63) is 57.3 Å². The molecule has 1 aromatic heterocycles. The SMILES string of the molecule is CC(=O)NCCc1ccc(C(=O)COC(=O)[C@@H](NC(=O)c2ccccc2C)C(C)C)s1. The van der Waals surface area contributed by atoms with Gasteiger partial charge in [0.25, 0.3) is 5.91 Å². The van der Waals surface area contributed by atoms with E-state index in [-0.39, 0.29) is 23.5 Å². The van der Waals surface area contributed by atoms with Crippen LogP contribution in [0, 0.1) is 12.8 Å². The molecule has 0 aliphatic carbocycles. The summed E-state index contributed by atoms with van der Waals surface area (Å²) in [6, 6.07) is 9.75. The predicted molar refractivity (Wildman–Crippen MR) is 119 cm³/mol. The Kier molecular flexibility index (Phi) is 8.93. The van der Waals surface area contributed by atoms with E-state index < -0.39 is 18.6 Å². The van der Waals surface area contributed by atoms with Crippen molar-refractivity contribution in [2.45, 2.75) is 40.2 Å². The summed E-state index contributed by atoms with van der Waals surface area (Å²) in [4.78, 5) is 49.9. The summed E-state index contributed by atoms with van der Waals surface area (Å²) in [5.74, 6) is -1.63. The summed E-state index contributed by atoms with van der Waals surface area (Å²) in [5.41, 5.74) is 1.29. The fourth-order valence-electron chi connectivity index (χ4n) is 2.87. The molecule has 1 atom stereocenters. The Labute approximate surface area is 186 Å². The van der Waals surface area contributed by atoms with Crippen LogP contribution in [0.5, 0.6) is 0 Å². The lowest BCUT2D eigenvalue weighted by Crippen LogP contribution is -2.45. The van der Waals surface area contributed by atoms with Gasteiger partial charge in [-0.05, 0) is 43.0 Å². The predicted octanol–water partition coefficient (Wildman–Crippen LogP) is 2.92. The van der Waals surface area contributed by atoms with Gasteiger partial charge < -0.3 is 15.4 Å². The van der Waals surface area contributed by atoms with Gasteiger partial charge in [-0.3, -0.25) is 14.4 Å². The van der Waals surface area contributed by atoms with E-state index in [9.17, 15) is 19.2 Å². The van der Waals surface area contributed by atoms with Crippen LogP contribution in [0.4, 0.5) is 0 Å². The van der Waals surface area contributed by atoms with E-state index in [1.807, 2.05) is 25.1 Å². The second kappa shape index (κ2) is 11.4. The molecule has 8 heteroatoms. The largest absolute Gasteiger partial charge is 0.456 e. The van der Waals surface area contributed by atoms with Gasteiger partial charge in [0.1, 0.15) is 6.04 Å². The van der Waals surface area contributed by atoms with Gasteiger partial charge in [-0.1, -0.05) is 32.0 Å². The summed E-state index contributed by atoms with van der Waals surface area (Å²) in [5, 5.41) is 5.42. The number of carbonyl (C=O) groups excluding carboxylic acids is 4. The van der Waals surface area contributed by atoms with Crippen molar-refractivity contribution < 1.29 is 23.9 Å². The lowest BCUT2D eigenvalue weighted by molar-refractivity contribution is -0.146. The molecular weight excluding hydrogens is 416 g/mol.